The van der Waals surface area contributed by atoms with E-state index in [-0.39, 0.29) is 36.3 Å². The van der Waals surface area contributed by atoms with Gasteiger partial charge in [0.05, 0.1) is 11.6 Å². The maximum absolute atomic E-state index is 14.0. The van der Waals surface area contributed by atoms with Gasteiger partial charge in [-0.05, 0) is 66.0 Å². The quantitative estimate of drug-likeness (QED) is 0.0788. The number of primary amides is 1. The topological polar surface area (TPSA) is 196 Å². The third kappa shape index (κ3) is 9.31. The number of hydrogen-bond acceptors (Lipinski definition) is 8. The van der Waals surface area contributed by atoms with Gasteiger partial charge in [0.2, 0.25) is 11.8 Å². The van der Waals surface area contributed by atoms with Crippen molar-refractivity contribution in [2.45, 2.75) is 82.3 Å². The predicted octanol–water partition coefficient (Wildman–Crippen LogP) is 3.65. The summed E-state index contributed by atoms with van der Waals surface area (Å²) in [7, 11) is 0. The fourth-order valence-corrected chi connectivity index (χ4v) is 6.93. The molecule has 3 aromatic carbocycles. The van der Waals surface area contributed by atoms with Crippen LogP contribution in [0.4, 0.5) is 4.79 Å². The van der Waals surface area contributed by atoms with Gasteiger partial charge in [0.1, 0.15) is 24.5 Å². The van der Waals surface area contributed by atoms with E-state index in [1.807, 2.05) is 86.6 Å². The van der Waals surface area contributed by atoms with Crippen LogP contribution in [0.5, 0.6) is 0 Å². The number of nitrogens with one attached hydrogen (secondary N) is 4. The van der Waals surface area contributed by atoms with Gasteiger partial charge >= 0.3 is 6.09 Å². The molecule has 1 aliphatic carbocycles. The van der Waals surface area contributed by atoms with E-state index in [4.69, 9.17) is 10.5 Å². The van der Waals surface area contributed by atoms with Crippen molar-refractivity contribution >= 4 is 34.6 Å². The molecule has 0 radical (unpaired) electrons. The van der Waals surface area contributed by atoms with Crippen molar-refractivity contribution in [2.24, 2.45) is 17.6 Å². The van der Waals surface area contributed by atoms with Gasteiger partial charge in [0.15, 0.2) is 0 Å². The van der Waals surface area contributed by atoms with Gasteiger partial charge in [0, 0.05) is 24.4 Å². The first-order valence-corrected chi connectivity index (χ1v) is 17.4. The Balaban J connectivity index is 1.40. The van der Waals surface area contributed by atoms with Crippen LogP contribution in [0.1, 0.15) is 63.0 Å². The van der Waals surface area contributed by atoms with E-state index in [9.17, 15) is 29.5 Å². The Labute approximate surface area is 297 Å². The molecule has 0 aromatic heterocycles. The number of rotatable bonds is 15. The Kier molecular flexibility index (Phi) is 12.1. The molecule has 4 amide bonds. The lowest BCUT2D eigenvalue weighted by molar-refractivity contribution is -0.128. The normalized spacial score (nSPS) is 21.9. The standard InChI is InChI=1S/C39H46N6O6/c1-24(2)18-33(36(48)43-29(20-28(22-40)34(41)46)19-27-14-9-17-42-35(27)47)44-37(49)39(45-38(50)51-23-25-10-4-3-5-11-25)21-32(39)31-16-8-13-26-12-6-7-15-30(26)31/h3-8,10-13,15-16,20,24,27,29,32-33,37,44,49H,9,14,17-19,21,23H2,1-2H3,(H2,41,46)(H,42,47)(H,43,48)(H,45,50)/b28-20+/t27-,29-,32-,33-,37?,39?/m0/s1. The van der Waals surface area contributed by atoms with Crippen molar-refractivity contribution in [1.82, 2.24) is 21.3 Å². The molecule has 3 aromatic rings. The number of carbonyl (C=O) groups is 4. The zero-order chi connectivity index (χ0) is 36.5. The summed E-state index contributed by atoms with van der Waals surface area (Å²) in [5.41, 5.74) is 5.61. The molecule has 12 nitrogen and oxygen atoms in total. The summed E-state index contributed by atoms with van der Waals surface area (Å²) in [6.07, 6.45) is 1.35. The average molecular weight is 695 g/mol. The summed E-state index contributed by atoms with van der Waals surface area (Å²) in [4.78, 5) is 51.9. The number of piperidine rings is 1. The first-order chi connectivity index (χ1) is 24.5. The molecular weight excluding hydrogens is 648 g/mol. The van der Waals surface area contributed by atoms with Gasteiger partial charge in [0.25, 0.3) is 5.91 Å². The average Bonchev–Trinajstić information content (AvgIpc) is 3.84. The number of fused-ring (bicyclic) bond motifs is 1. The summed E-state index contributed by atoms with van der Waals surface area (Å²) in [5, 5.41) is 35.3. The number of nitrogens with zero attached hydrogens (tertiary/aromatic N) is 1. The third-order valence-corrected chi connectivity index (χ3v) is 9.64. The smallest absolute Gasteiger partial charge is 0.408 e. The zero-order valence-electron chi connectivity index (χ0n) is 28.9. The second-order valence-electron chi connectivity index (χ2n) is 13.8. The lowest BCUT2D eigenvalue weighted by Crippen LogP contribution is -2.59. The molecule has 6 atom stereocenters. The minimum atomic E-state index is -1.39. The summed E-state index contributed by atoms with van der Waals surface area (Å²) < 4.78 is 5.57. The van der Waals surface area contributed by atoms with E-state index in [1.165, 1.54) is 6.08 Å². The first kappa shape index (κ1) is 37.0. The van der Waals surface area contributed by atoms with Crippen LogP contribution in [0, 0.1) is 23.2 Å². The summed E-state index contributed by atoms with van der Waals surface area (Å²) >= 11 is 0. The first-order valence-electron chi connectivity index (χ1n) is 17.4. The van der Waals surface area contributed by atoms with E-state index in [0.29, 0.717) is 25.8 Å². The van der Waals surface area contributed by atoms with Crippen molar-refractivity contribution in [2.75, 3.05) is 6.54 Å². The van der Waals surface area contributed by atoms with Gasteiger partial charge in [-0.3, -0.25) is 19.7 Å². The molecule has 1 saturated heterocycles. The number of amides is 4. The maximum Gasteiger partial charge on any atom is 0.408 e. The molecule has 268 valence electrons. The Morgan fingerprint density at radius 3 is 2.53 bits per heavy atom. The van der Waals surface area contributed by atoms with Crippen LogP contribution in [0.2, 0.25) is 0 Å². The van der Waals surface area contributed by atoms with Crippen LogP contribution < -0.4 is 27.0 Å². The van der Waals surface area contributed by atoms with Gasteiger partial charge in [-0.25, -0.2) is 4.79 Å². The van der Waals surface area contributed by atoms with Gasteiger partial charge < -0.3 is 31.5 Å². The van der Waals surface area contributed by atoms with E-state index in [0.717, 1.165) is 28.3 Å². The zero-order valence-corrected chi connectivity index (χ0v) is 28.9. The number of nitrogens with two attached hydrogens (primary N) is 1. The van der Waals surface area contributed by atoms with E-state index in [2.05, 4.69) is 21.3 Å². The predicted molar refractivity (Wildman–Crippen MR) is 191 cm³/mol. The summed E-state index contributed by atoms with van der Waals surface area (Å²) in [6, 6.07) is 23.0. The van der Waals surface area contributed by atoms with Crippen LogP contribution in [0.15, 0.2) is 84.4 Å². The number of alkyl carbamates (subject to hydrolysis) is 1. The Morgan fingerprint density at radius 1 is 1.10 bits per heavy atom. The molecule has 1 heterocycles. The highest BCUT2D eigenvalue weighted by atomic mass is 16.5. The molecule has 1 aliphatic heterocycles. The fourth-order valence-electron chi connectivity index (χ4n) is 6.93. The minimum Gasteiger partial charge on any atom is -0.445 e. The van der Waals surface area contributed by atoms with Gasteiger partial charge in [-0.15, -0.1) is 0 Å². The fraction of sp³-hybridized carbons (Fsp3) is 0.410. The van der Waals surface area contributed by atoms with Gasteiger partial charge in [-0.2, -0.15) is 5.26 Å². The van der Waals surface area contributed by atoms with Crippen molar-refractivity contribution in [3.05, 3.63) is 95.6 Å². The van der Waals surface area contributed by atoms with E-state index in [1.54, 1.807) is 6.07 Å². The highest BCUT2D eigenvalue weighted by molar-refractivity contribution is 5.96. The van der Waals surface area contributed by atoms with Crippen molar-refractivity contribution in [1.29, 1.82) is 5.26 Å². The number of aliphatic hydroxyl groups is 1. The van der Waals surface area contributed by atoms with Crippen LogP contribution in [0.25, 0.3) is 10.8 Å². The molecule has 5 rings (SSSR count). The molecule has 0 bridgehead atoms. The highest BCUT2D eigenvalue weighted by Crippen LogP contribution is 2.55. The lowest BCUT2D eigenvalue weighted by atomic mass is 9.90. The van der Waals surface area contributed by atoms with Crippen LogP contribution in [0.3, 0.4) is 0 Å². The number of aliphatic hydroxyl groups excluding tert-OH is 1. The van der Waals surface area contributed by atoms with Crippen LogP contribution >= 0.6 is 0 Å². The Morgan fingerprint density at radius 2 is 1.82 bits per heavy atom. The third-order valence-electron chi connectivity index (χ3n) is 9.64. The highest BCUT2D eigenvalue weighted by Gasteiger charge is 2.62. The molecule has 0 spiro atoms. The molecule has 51 heavy (non-hydrogen) atoms. The molecule has 2 aliphatic rings. The second kappa shape index (κ2) is 16.6. The molecular formula is C39H46N6O6. The summed E-state index contributed by atoms with van der Waals surface area (Å²) in [5.74, 6) is -2.38. The largest absolute Gasteiger partial charge is 0.445 e. The molecule has 2 fully saturated rings. The lowest BCUT2D eigenvalue weighted by Gasteiger charge is -2.32. The Bertz CT molecular complexity index is 1800. The summed E-state index contributed by atoms with van der Waals surface area (Å²) in [6.45, 7) is 4.46. The monoisotopic (exact) mass is 694 g/mol. The van der Waals surface area contributed by atoms with Crippen molar-refractivity contribution < 1.29 is 29.0 Å². The van der Waals surface area contributed by atoms with Gasteiger partial charge in [-0.1, -0.05) is 86.6 Å². The number of ether oxygens (including phenoxy) is 1. The SMILES string of the molecule is CC(C)C[C@H](NC(O)C1(NC(=O)OCc2ccccc2)C[C@H]1c1cccc2ccccc12)C(=O)N[C@H](/C=C(\C#N)C(N)=O)C[C@@H]1CCCNC1=O. The maximum atomic E-state index is 14.0. The number of hydrogen-bond donors (Lipinski definition) is 6. The van der Waals surface area contributed by atoms with Crippen LogP contribution in [-0.4, -0.2) is 59.3 Å². The molecule has 7 N–H and O–H groups in total. The number of carbonyl (C=O) groups excluding carboxylic acids is 4. The molecule has 1 saturated carbocycles. The molecule has 2 unspecified atom stereocenters. The van der Waals surface area contributed by atoms with Crippen molar-refractivity contribution in [3.63, 3.8) is 0 Å². The Hall–Kier alpha value is -5.25. The molecule has 12 heteroatoms. The second-order valence-corrected chi connectivity index (χ2v) is 13.8. The number of benzene rings is 3. The number of nitriles is 1. The minimum absolute atomic E-state index is 0.00617. The van der Waals surface area contributed by atoms with Crippen LogP contribution in [-0.2, 0) is 25.7 Å². The van der Waals surface area contributed by atoms with E-state index >= 15 is 0 Å². The van der Waals surface area contributed by atoms with E-state index < -0.39 is 47.7 Å². The van der Waals surface area contributed by atoms with Crippen molar-refractivity contribution in [3.8, 4) is 6.07 Å².